The van der Waals surface area contributed by atoms with E-state index < -0.39 is 0 Å². The van der Waals surface area contributed by atoms with Crippen molar-refractivity contribution < 1.29 is 4.74 Å². The largest absolute Gasteiger partial charge is 0.489 e. The number of benzene rings is 1. The van der Waals surface area contributed by atoms with Crippen LogP contribution in [-0.4, -0.2) is 13.2 Å². The predicted octanol–water partition coefficient (Wildman–Crippen LogP) is 3.80. The zero-order valence-electron chi connectivity index (χ0n) is 10.8. The minimum atomic E-state index is 0.525. The van der Waals surface area contributed by atoms with Crippen molar-refractivity contribution in [2.75, 3.05) is 13.2 Å². The smallest absolute Gasteiger partial charge is 0.120 e. The molecule has 3 heteroatoms. The number of ether oxygens (including phenoxy) is 1. The lowest BCUT2D eigenvalue weighted by atomic mass is 10.1. The Morgan fingerprint density at radius 2 is 2.39 bits per heavy atom. The Bertz CT molecular complexity index is 417. The molecule has 0 saturated carbocycles. The molecule has 0 amide bonds. The van der Waals surface area contributed by atoms with Crippen LogP contribution < -0.4 is 10.1 Å². The first-order valence-corrected chi connectivity index (χ1v) is 7.03. The zero-order chi connectivity index (χ0) is 12.8. The molecule has 0 aliphatic heterocycles. The summed E-state index contributed by atoms with van der Waals surface area (Å²) in [7, 11) is 0. The van der Waals surface area contributed by atoms with Gasteiger partial charge in [-0.25, -0.2) is 0 Å². The molecular weight excluding hydrogens is 246 g/mol. The van der Waals surface area contributed by atoms with Crippen LogP contribution in [0.25, 0.3) is 0 Å². The Labute approximate surface area is 114 Å². The average Bonchev–Trinajstić information content (AvgIpc) is 2.79. The molecule has 0 spiro atoms. The van der Waals surface area contributed by atoms with Crippen molar-refractivity contribution in [3.05, 3.63) is 40.9 Å². The van der Waals surface area contributed by atoms with Gasteiger partial charge in [0.2, 0.25) is 0 Å². The Morgan fingerprint density at radius 3 is 3.17 bits per heavy atom. The first-order chi connectivity index (χ1) is 8.85. The van der Waals surface area contributed by atoms with Crippen molar-refractivity contribution in [2.24, 2.45) is 0 Å². The summed E-state index contributed by atoms with van der Waals surface area (Å²) in [6.07, 6.45) is 5.30. The molecule has 1 atom stereocenters. The molecule has 2 nitrogen and oxygen atoms in total. The Hall–Kier alpha value is -0.990. The van der Waals surface area contributed by atoms with Gasteiger partial charge in [-0.2, -0.15) is 0 Å². The standard InChI is InChI=1S/C15H20ClNO/c1-2-9-17-15-7-4-12-11-13(5-6-14(12)15)18-10-3-8-16/h3,5-6,8,11,15,17H,2,4,7,9-10H2,1H3/b8-3+. The van der Waals surface area contributed by atoms with Crippen LogP contribution in [0.5, 0.6) is 5.75 Å². The third kappa shape index (κ3) is 3.27. The molecule has 2 rings (SSSR count). The van der Waals surface area contributed by atoms with Crippen molar-refractivity contribution in [1.82, 2.24) is 5.32 Å². The van der Waals surface area contributed by atoms with Crippen LogP contribution in [0, 0.1) is 0 Å². The van der Waals surface area contributed by atoms with Crippen LogP contribution in [-0.2, 0) is 6.42 Å². The molecule has 0 saturated heterocycles. The maximum absolute atomic E-state index is 5.60. The lowest BCUT2D eigenvalue weighted by Crippen LogP contribution is -2.19. The molecule has 0 bridgehead atoms. The van der Waals surface area contributed by atoms with E-state index in [1.807, 2.05) is 6.07 Å². The van der Waals surface area contributed by atoms with E-state index in [9.17, 15) is 0 Å². The van der Waals surface area contributed by atoms with Gasteiger partial charge in [-0.15, -0.1) is 0 Å². The van der Waals surface area contributed by atoms with Gasteiger partial charge in [-0.05, 0) is 55.1 Å². The molecule has 1 N–H and O–H groups in total. The molecule has 98 valence electrons. The molecule has 0 radical (unpaired) electrons. The summed E-state index contributed by atoms with van der Waals surface area (Å²) in [5, 5.41) is 3.59. The third-order valence-electron chi connectivity index (χ3n) is 3.27. The summed E-state index contributed by atoms with van der Waals surface area (Å²) in [6.45, 7) is 3.81. The molecular formula is C15H20ClNO. The highest BCUT2D eigenvalue weighted by molar-refractivity contribution is 6.25. The van der Waals surface area contributed by atoms with Crippen molar-refractivity contribution in [3.63, 3.8) is 0 Å². The fraction of sp³-hybridized carbons (Fsp3) is 0.467. The molecule has 0 heterocycles. The summed E-state index contributed by atoms with van der Waals surface area (Å²) in [4.78, 5) is 0. The summed E-state index contributed by atoms with van der Waals surface area (Å²) in [5.41, 5.74) is 4.33. The monoisotopic (exact) mass is 265 g/mol. The van der Waals surface area contributed by atoms with Crippen molar-refractivity contribution >= 4 is 11.6 Å². The number of aryl methyl sites for hydroxylation is 1. The zero-order valence-corrected chi connectivity index (χ0v) is 11.5. The van der Waals surface area contributed by atoms with E-state index in [2.05, 4.69) is 24.4 Å². The van der Waals surface area contributed by atoms with E-state index in [1.165, 1.54) is 29.5 Å². The van der Waals surface area contributed by atoms with E-state index in [1.54, 1.807) is 6.08 Å². The Morgan fingerprint density at radius 1 is 1.50 bits per heavy atom. The summed E-state index contributed by atoms with van der Waals surface area (Å²) < 4.78 is 5.60. The quantitative estimate of drug-likeness (QED) is 0.845. The van der Waals surface area contributed by atoms with E-state index in [4.69, 9.17) is 16.3 Å². The maximum atomic E-state index is 5.60. The first-order valence-electron chi connectivity index (χ1n) is 6.59. The summed E-state index contributed by atoms with van der Waals surface area (Å²) in [5.74, 6) is 0.930. The summed E-state index contributed by atoms with van der Waals surface area (Å²) >= 11 is 5.46. The van der Waals surface area contributed by atoms with Gasteiger partial charge in [0.25, 0.3) is 0 Å². The highest BCUT2D eigenvalue weighted by Gasteiger charge is 2.21. The van der Waals surface area contributed by atoms with E-state index in [0.717, 1.165) is 18.7 Å². The van der Waals surface area contributed by atoms with E-state index in [-0.39, 0.29) is 0 Å². The topological polar surface area (TPSA) is 21.3 Å². The minimum absolute atomic E-state index is 0.525. The Kier molecular flexibility index (Phi) is 5.09. The molecule has 18 heavy (non-hydrogen) atoms. The molecule has 1 aliphatic rings. The van der Waals surface area contributed by atoms with Gasteiger partial charge in [0.1, 0.15) is 12.4 Å². The van der Waals surface area contributed by atoms with Gasteiger partial charge in [0.15, 0.2) is 0 Å². The van der Waals surface area contributed by atoms with Gasteiger partial charge in [0.05, 0.1) is 0 Å². The molecule has 0 aromatic heterocycles. The second-order valence-corrected chi connectivity index (χ2v) is 4.83. The predicted molar refractivity (Wildman–Crippen MR) is 76.3 cm³/mol. The third-order valence-corrected chi connectivity index (χ3v) is 3.45. The number of hydrogen-bond donors (Lipinski definition) is 1. The maximum Gasteiger partial charge on any atom is 0.120 e. The number of nitrogens with one attached hydrogen (secondary N) is 1. The second-order valence-electron chi connectivity index (χ2n) is 4.58. The number of fused-ring (bicyclic) bond motifs is 1. The van der Waals surface area contributed by atoms with Crippen LogP contribution in [0.2, 0.25) is 0 Å². The van der Waals surface area contributed by atoms with Gasteiger partial charge in [0, 0.05) is 11.6 Å². The lowest BCUT2D eigenvalue weighted by molar-refractivity contribution is 0.362. The first kappa shape index (κ1) is 13.4. The highest BCUT2D eigenvalue weighted by Crippen LogP contribution is 2.33. The van der Waals surface area contributed by atoms with Gasteiger partial charge in [-0.3, -0.25) is 0 Å². The second kappa shape index (κ2) is 6.81. The fourth-order valence-electron chi connectivity index (χ4n) is 2.39. The van der Waals surface area contributed by atoms with E-state index >= 15 is 0 Å². The fourth-order valence-corrected chi connectivity index (χ4v) is 2.47. The number of hydrogen-bond acceptors (Lipinski definition) is 2. The minimum Gasteiger partial charge on any atom is -0.489 e. The molecule has 1 aromatic rings. The van der Waals surface area contributed by atoms with Crippen molar-refractivity contribution in [1.29, 1.82) is 0 Å². The highest BCUT2D eigenvalue weighted by atomic mass is 35.5. The van der Waals surface area contributed by atoms with E-state index in [0.29, 0.717) is 12.6 Å². The average molecular weight is 266 g/mol. The van der Waals surface area contributed by atoms with Crippen LogP contribution in [0.1, 0.15) is 36.9 Å². The van der Waals surface area contributed by atoms with Crippen LogP contribution >= 0.6 is 11.6 Å². The van der Waals surface area contributed by atoms with Crippen LogP contribution in [0.15, 0.2) is 29.8 Å². The van der Waals surface area contributed by atoms with Gasteiger partial charge in [-0.1, -0.05) is 24.6 Å². The SMILES string of the molecule is CCCNC1CCc2cc(OC/C=C/Cl)ccc21. The van der Waals surface area contributed by atoms with Gasteiger partial charge >= 0.3 is 0 Å². The molecule has 1 unspecified atom stereocenters. The van der Waals surface area contributed by atoms with Crippen molar-refractivity contribution in [2.45, 2.75) is 32.2 Å². The lowest BCUT2D eigenvalue weighted by Gasteiger charge is -2.13. The summed E-state index contributed by atoms with van der Waals surface area (Å²) in [6, 6.07) is 6.92. The van der Waals surface area contributed by atoms with Crippen LogP contribution in [0.4, 0.5) is 0 Å². The molecule has 1 aliphatic carbocycles. The normalized spacial score (nSPS) is 18.2. The number of rotatable bonds is 6. The van der Waals surface area contributed by atoms with Crippen LogP contribution in [0.3, 0.4) is 0 Å². The number of halogens is 1. The molecule has 0 fully saturated rings. The Balaban J connectivity index is 2.00. The molecule has 1 aromatic carbocycles. The van der Waals surface area contributed by atoms with Gasteiger partial charge < -0.3 is 10.1 Å². The van der Waals surface area contributed by atoms with Crippen molar-refractivity contribution in [3.8, 4) is 5.75 Å².